The molecule has 0 aliphatic rings. The van der Waals surface area contributed by atoms with Crippen LogP contribution in [-0.4, -0.2) is 37.7 Å². The lowest BCUT2D eigenvalue weighted by molar-refractivity contribution is 0.411. The van der Waals surface area contributed by atoms with E-state index in [1.54, 1.807) is 18.4 Å². The fraction of sp³-hybridized carbons (Fsp3) is 0.500. The molecule has 0 radical (unpaired) electrons. The van der Waals surface area contributed by atoms with Crippen LogP contribution in [0.5, 0.6) is 5.75 Å². The number of aliphatic imine (C=N–C) groups is 1. The van der Waals surface area contributed by atoms with Gasteiger partial charge in [-0.15, -0.1) is 35.3 Å². The number of benzene rings is 1. The molecule has 0 fully saturated rings. The minimum atomic E-state index is 0. The van der Waals surface area contributed by atoms with Gasteiger partial charge in [0.15, 0.2) is 5.96 Å². The van der Waals surface area contributed by atoms with Crippen LogP contribution in [0.1, 0.15) is 33.6 Å². The molecule has 7 heteroatoms. The van der Waals surface area contributed by atoms with Crippen molar-refractivity contribution >= 4 is 41.3 Å². The SMILES string of the molecule is CCNC(=NCCc1nc(C)c(C)s1)NCCc1ccc(C)c(OC)c1.I. The van der Waals surface area contributed by atoms with Crippen molar-refractivity contribution in [1.29, 1.82) is 0 Å². The lowest BCUT2D eigenvalue weighted by Gasteiger charge is -2.12. The number of nitrogens with one attached hydrogen (secondary N) is 2. The Morgan fingerprint density at radius 3 is 2.59 bits per heavy atom. The number of hydrogen-bond acceptors (Lipinski definition) is 4. The van der Waals surface area contributed by atoms with Crippen molar-refractivity contribution < 1.29 is 4.74 Å². The summed E-state index contributed by atoms with van der Waals surface area (Å²) in [7, 11) is 1.71. The van der Waals surface area contributed by atoms with E-state index in [4.69, 9.17) is 4.74 Å². The zero-order chi connectivity index (χ0) is 18.9. The Bertz CT molecular complexity index is 726. The van der Waals surface area contributed by atoms with Crippen molar-refractivity contribution in [3.05, 3.63) is 44.9 Å². The Hall–Kier alpha value is -1.35. The van der Waals surface area contributed by atoms with Gasteiger partial charge in [0.25, 0.3) is 0 Å². The van der Waals surface area contributed by atoms with Crippen LogP contribution >= 0.6 is 35.3 Å². The van der Waals surface area contributed by atoms with Gasteiger partial charge in [0, 0.05) is 30.9 Å². The molecule has 0 saturated carbocycles. The maximum absolute atomic E-state index is 5.40. The number of guanidine groups is 1. The molecule has 2 N–H and O–H groups in total. The summed E-state index contributed by atoms with van der Waals surface area (Å²) in [5.74, 6) is 1.80. The topological polar surface area (TPSA) is 58.5 Å². The van der Waals surface area contributed by atoms with Gasteiger partial charge in [-0.2, -0.15) is 0 Å². The number of methoxy groups -OCH3 is 1. The first-order chi connectivity index (χ1) is 12.5. The van der Waals surface area contributed by atoms with Gasteiger partial charge in [0.2, 0.25) is 0 Å². The zero-order valence-corrected chi connectivity index (χ0v) is 20.0. The molecule has 2 rings (SSSR count). The fourth-order valence-corrected chi connectivity index (χ4v) is 3.52. The van der Waals surface area contributed by atoms with Crippen LogP contribution in [0.3, 0.4) is 0 Å². The van der Waals surface area contributed by atoms with Crippen LogP contribution in [0.15, 0.2) is 23.2 Å². The highest BCUT2D eigenvalue weighted by Gasteiger charge is 2.04. The number of aromatic nitrogens is 1. The van der Waals surface area contributed by atoms with E-state index in [2.05, 4.69) is 66.5 Å². The number of aryl methyl sites for hydroxylation is 3. The van der Waals surface area contributed by atoms with Gasteiger partial charge in [-0.25, -0.2) is 4.98 Å². The molecule has 150 valence electrons. The van der Waals surface area contributed by atoms with Gasteiger partial charge in [0.1, 0.15) is 5.75 Å². The van der Waals surface area contributed by atoms with E-state index in [-0.39, 0.29) is 24.0 Å². The highest BCUT2D eigenvalue weighted by Crippen LogP contribution is 2.19. The second kappa shape index (κ2) is 12.2. The second-order valence-electron chi connectivity index (χ2n) is 6.24. The first-order valence-corrected chi connectivity index (χ1v) is 9.93. The molecule has 0 unspecified atom stereocenters. The molecular formula is C20H31IN4OS. The number of rotatable bonds is 8. The van der Waals surface area contributed by atoms with E-state index in [1.165, 1.54) is 10.4 Å². The highest BCUT2D eigenvalue weighted by molar-refractivity contribution is 14.0. The molecule has 0 bridgehead atoms. The van der Waals surface area contributed by atoms with Gasteiger partial charge in [-0.1, -0.05) is 12.1 Å². The minimum absolute atomic E-state index is 0. The summed E-state index contributed by atoms with van der Waals surface area (Å²) in [6, 6.07) is 6.36. The fourth-order valence-electron chi connectivity index (χ4n) is 2.60. The quantitative estimate of drug-likeness (QED) is 0.325. The van der Waals surface area contributed by atoms with Crippen molar-refractivity contribution in [2.24, 2.45) is 4.99 Å². The van der Waals surface area contributed by atoms with Crippen molar-refractivity contribution in [2.75, 3.05) is 26.7 Å². The molecule has 0 atom stereocenters. The van der Waals surface area contributed by atoms with Crippen molar-refractivity contribution in [3.8, 4) is 5.75 Å². The second-order valence-corrected chi connectivity index (χ2v) is 7.53. The van der Waals surface area contributed by atoms with Crippen LogP contribution in [0.4, 0.5) is 0 Å². The molecule has 1 aromatic carbocycles. The summed E-state index contributed by atoms with van der Waals surface area (Å²) in [6.07, 6.45) is 1.80. The molecular weight excluding hydrogens is 471 g/mol. The van der Waals surface area contributed by atoms with E-state index in [1.807, 2.05) is 0 Å². The number of nitrogens with zero attached hydrogens (tertiary/aromatic N) is 2. The summed E-state index contributed by atoms with van der Waals surface area (Å²) in [5, 5.41) is 7.86. The molecule has 2 aromatic rings. The smallest absolute Gasteiger partial charge is 0.191 e. The van der Waals surface area contributed by atoms with Gasteiger partial charge in [-0.3, -0.25) is 4.99 Å². The third-order valence-corrected chi connectivity index (χ3v) is 5.32. The van der Waals surface area contributed by atoms with Gasteiger partial charge in [-0.05, 0) is 51.3 Å². The lowest BCUT2D eigenvalue weighted by atomic mass is 10.1. The van der Waals surface area contributed by atoms with E-state index in [0.717, 1.165) is 60.4 Å². The molecule has 0 spiro atoms. The van der Waals surface area contributed by atoms with E-state index < -0.39 is 0 Å². The van der Waals surface area contributed by atoms with Crippen LogP contribution < -0.4 is 15.4 Å². The van der Waals surface area contributed by atoms with E-state index in [9.17, 15) is 0 Å². The highest BCUT2D eigenvalue weighted by atomic mass is 127. The first-order valence-electron chi connectivity index (χ1n) is 9.12. The third-order valence-electron chi connectivity index (χ3n) is 4.19. The number of ether oxygens (including phenoxy) is 1. The van der Waals surface area contributed by atoms with Crippen LogP contribution in [0, 0.1) is 20.8 Å². The molecule has 5 nitrogen and oxygen atoms in total. The summed E-state index contributed by atoms with van der Waals surface area (Å²) >= 11 is 1.77. The maximum Gasteiger partial charge on any atom is 0.191 e. The largest absolute Gasteiger partial charge is 0.496 e. The van der Waals surface area contributed by atoms with Gasteiger partial charge < -0.3 is 15.4 Å². The Kier molecular flexibility index (Phi) is 10.7. The van der Waals surface area contributed by atoms with Crippen LogP contribution in [0.2, 0.25) is 0 Å². The Labute approximate surface area is 184 Å². The lowest BCUT2D eigenvalue weighted by Crippen LogP contribution is -2.38. The molecule has 0 saturated heterocycles. The summed E-state index contributed by atoms with van der Waals surface area (Å²) in [6.45, 7) is 10.7. The average molecular weight is 502 g/mol. The summed E-state index contributed by atoms with van der Waals surface area (Å²) < 4.78 is 5.40. The van der Waals surface area contributed by atoms with Crippen molar-refractivity contribution in [2.45, 2.75) is 40.5 Å². The monoisotopic (exact) mass is 502 g/mol. The molecule has 1 aromatic heterocycles. The zero-order valence-electron chi connectivity index (χ0n) is 16.9. The molecule has 0 aliphatic heterocycles. The van der Waals surface area contributed by atoms with E-state index in [0.29, 0.717) is 0 Å². The minimum Gasteiger partial charge on any atom is -0.496 e. The molecule has 27 heavy (non-hydrogen) atoms. The predicted molar refractivity (Wildman–Crippen MR) is 126 cm³/mol. The Morgan fingerprint density at radius 2 is 1.96 bits per heavy atom. The average Bonchev–Trinajstić information content (AvgIpc) is 2.94. The van der Waals surface area contributed by atoms with Crippen molar-refractivity contribution in [1.82, 2.24) is 15.6 Å². The van der Waals surface area contributed by atoms with Gasteiger partial charge in [0.05, 0.1) is 17.8 Å². The van der Waals surface area contributed by atoms with Crippen molar-refractivity contribution in [3.63, 3.8) is 0 Å². The maximum atomic E-state index is 5.40. The predicted octanol–water partition coefficient (Wildman–Crippen LogP) is 4.04. The Morgan fingerprint density at radius 1 is 1.19 bits per heavy atom. The molecule has 1 heterocycles. The number of thiazole rings is 1. The Balaban J connectivity index is 0.00000364. The standard InChI is InChI=1S/C20H30N4OS.HI/c1-6-21-20(23-12-10-19-24-15(3)16(4)26-19)22-11-9-17-8-7-14(2)18(13-17)25-5;/h7-8,13H,6,9-12H2,1-5H3,(H2,21,22,23);1H. The number of halogens is 1. The first kappa shape index (κ1) is 23.7. The normalized spacial score (nSPS) is 11.1. The van der Waals surface area contributed by atoms with Crippen LogP contribution in [-0.2, 0) is 12.8 Å². The van der Waals surface area contributed by atoms with E-state index >= 15 is 0 Å². The van der Waals surface area contributed by atoms with Gasteiger partial charge >= 0.3 is 0 Å². The summed E-state index contributed by atoms with van der Waals surface area (Å²) in [4.78, 5) is 10.5. The summed E-state index contributed by atoms with van der Waals surface area (Å²) in [5.41, 5.74) is 3.55. The molecule has 0 amide bonds. The number of hydrogen-bond donors (Lipinski definition) is 2. The third kappa shape index (κ3) is 7.65. The molecule has 0 aliphatic carbocycles. The van der Waals surface area contributed by atoms with Crippen LogP contribution in [0.25, 0.3) is 0 Å².